The van der Waals surface area contributed by atoms with E-state index in [1.807, 2.05) is 0 Å². The van der Waals surface area contributed by atoms with Gasteiger partial charge in [-0.15, -0.1) is 0 Å². The van der Waals surface area contributed by atoms with Crippen LogP contribution in [0.25, 0.3) is 11.1 Å². The normalized spacial score (nSPS) is 19.7. The number of alkyl halides is 3. The predicted octanol–water partition coefficient (Wildman–Crippen LogP) is 4.92. The molecule has 0 fully saturated rings. The van der Waals surface area contributed by atoms with E-state index >= 15 is 0 Å². The lowest BCUT2D eigenvalue weighted by molar-refractivity contribution is -0.137. The Bertz CT molecular complexity index is 800. The first-order valence-corrected chi connectivity index (χ1v) is 8.75. The minimum absolute atomic E-state index is 0.0189. The summed E-state index contributed by atoms with van der Waals surface area (Å²) in [6, 6.07) is 5.04. The fourth-order valence-corrected chi connectivity index (χ4v) is 3.48. The molecule has 0 saturated carbocycles. The molecule has 1 heterocycles. The van der Waals surface area contributed by atoms with Crippen LogP contribution in [0.4, 0.5) is 13.2 Å². The van der Waals surface area contributed by atoms with Crippen LogP contribution in [0.3, 0.4) is 0 Å². The van der Waals surface area contributed by atoms with Crippen molar-refractivity contribution in [2.75, 3.05) is 0 Å². The van der Waals surface area contributed by atoms with Gasteiger partial charge in [0.15, 0.2) is 0 Å². The second-order valence-corrected chi connectivity index (χ2v) is 6.74. The summed E-state index contributed by atoms with van der Waals surface area (Å²) in [5, 5.41) is 3.05. The van der Waals surface area contributed by atoms with Crippen LogP contribution in [-0.4, -0.2) is 10.9 Å². The third kappa shape index (κ3) is 3.59. The molecule has 2 atom stereocenters. The number of nitrogens with zero attached hydrogens (tertiary/aromatic N) is 1. The number of carbonyl (C=O) groups is 1. The van der Waals surface area contributed by atoms with Crippen LogP contribution in [0.1, 0.15) is 49.4 Å². The van der Waals surface area contributed by atoms with Crippen molar-refractivity contribution < 1.29 is 18.0 Å². The summed E-state index contributed by atoms with van der Waals surface area (Å²) < 4.78 is 38.4. The van der Waals surface area contributed by atoms with Gasteiger partial charge in [0.1, 0.15) is 0 Å². The largest absolute Gasteiger partial charge is 0.416 e. The molecule has 1 aliphatic carbocycles. The Morgan fingerprint density at radius 1 is 1.23 bits per heavy atom. The number of nitrogens with one attached hydrogen (secondary N) is 1. The number of aromatic nitrogens is 1. The first kappa shape index (κ1) is 18.4. The molecule has 3 nitrogen and oxygen atoms in total. The molecular weight excluding hydrogens is 341 g/mol. The van der Waals surface area contributed by atoms with Crippen LogP contribution >= 0.6 is 0 Å². The molecule has 1 N–H and O–H groups in total. The Balaban J connectivity index is 2.00. The number of hydrogen-bond acceptors (Lipinski definition) is 2. The van der Waals surface area contributed by atoms with Crippen LogP contribution in [0, 0.1) is 5.92 Å². The molecule has 1 aliphatic rings. The summed E-state index contributed by atoms with van der Waals surface area (Å²) in [6.45, 7) is 3.90. The second-order valence-electron chi connectivity index (χ2n) is 6.74. The van der Waals surface area contributed by atoms with Gasteiger partial charge in [-0.3, -0.25) is 9.78 Å². The number of carbonyl (C=O) groups excluding carboxylic acids is 1. The van der Waals surface area contributed by atoms with Crippen molar-refractivity contribution >= 4 is 5.91 Å². The van der Waals surface area contributed by atoms with Gasteiger partial charge in [-0.2, -0.15) is 13.2 Å². The number of amides is 1. The van der Waals surface area contributed by atoms with Gasteiger partial charge in [-0.1, -0.05) is 26.0 Å². The fraction of sp³-hybridized carbons (Fsp3) is 0.400. The molecule has 0 unspecified atom stereocenters. The summed E-state index contributed by atoms with van der Waals surface area (Å²) in [4.78, 5) is 16.2. The first-order valence-electron chi connectivity index (χ1n) is 8.75. The zero-order chi connectivity index (χ0) is 18.9. The Hall–Kier alpha value is -2.37. The lowest BCUT2D eigenvalue weighted by Gasteiger charge is -2.33. The standard InChI is InChI=1S/C20H21F3N2O/c1-3-18(26)25-19-12(2)4-9-15-16(10-24-11-17(15)19)13-5-7-14(8-6-13)20(21,22)23/h5-8,10-12,19H,3-4,9H2,1-2H3,(H,25,26)/t12-,19+/m1/s1. The first-order chi connectivity index (χ1) is 12.3. The van der Waals surface area contributed by atoms with Gasteiger partial charge in [0, 0.05) is 24.4 Å². The van der Waals surface area contributed by atoms with Crippen LogP contribution in [0.15, 0.2) is 36.7 Å². The SMILES string of the molecule is CCC(=O)N[C@@H]1c2cncc(-c3ccc(C(F)(F)F)cc3)c2CC[C@H]1C. The van der Waals surface area contributed by atoms with E-state index in [1.165, 1.54) is 12.1 Å². The van der Waals surface area contributed by atoms with Crippen molar-refractivity contribution in [3.63, 3.8) is 0 Å². The van der Waals surface area contributed by atoms with Gasteiger partial charge in [0.25, 0.3) is 0 Å². The van der Waals surface area contributed by atoms with E-state index in [9.17, 15) is 18.0 Å². The van der Waals surface area contributed by atoms with Gasteiger partial charge in [-0.05, 0) is 47.6 Å². The van der Waals surface area contributed by atoms with Gasteiger partial charge in [0.05, 0.1) is 11.6 Å². The van der Waals surface area contributed by atoms with Gasteiger partial charge in [0.2, 0.25) is 5.91 Å². The molecule has 1 amide bonds. The van der Waals surface area contributed by atoms with Crippen molar-refractivity contribution in [2.24, 2.45) is 5.92 Å². The lowest BCUT2D eigenvalue weighted by atomic mass is 9.79. The van der Waals surface area contributed by atoms with Gasteiger partial charge in [-0.25, -0.2) is 0 Å². The lowest BCUT2D eigenvalue weighted by Crippen LogP contribution is -2.35. The highest BCUT2D eigenvalue weighted by Gasteiger charge is 2.31. The number of fused-ring (bicyclic) bond motifs is 1. The Kier molecular flexibility index (Phi) is 5.03. The van der Waals surface area contributed by atoms with E-state index in [4.69, 9.17) is 0 Å². The molecule has 1 aromatic heterocycles. The molecule has 1 aromatic carbocycles. The minimum atomic E-state index is -4.35. The maximum Gasteiger partial charge on any atom is 0.416 e. The molecule has 0 bridgehead atoms. The second kappa shape index (κ2) is 7.09. The molecule has 0 radical (unpaired) electrons. The Morgan fingerprint density at radius 3 is 2.54 bits per heavy atom. The van der Waals surface area contributed by atoms with E-state index < -0.39 is 11.7 Å². The van der Waals surface area contributed by atoms with Crippen molar-refractivity contribution in [3.05, 3.63) is 53.3 Å². The fourth-order valence-electron chi connectivity index (χ4n) is 3.48. The number of halogens is 3. The number of rotatable bonds is 3. The Morgan fingerprint density at radius 2 is 1.92 bits per heavy atom. The molecule has 6 heteroatoms. The number of benzene rings is 1. The van der Waals surface area contributed by atoms with Crippen molar-refractivity contribution in [1.29, 1.82) is 0 Å². The van der Waals surface area contributed by atoms with Gasteiger partial charge < -0.3 is 5.32 Å². The van der Waals surface area contributed by atoms with Crippen molar-refractivity contribution in [1.82, 2.24) is 10.3 Å². The third-order valence-corrected chi connectivity index (χ3v) is 5.01. The summed E-state index contributed by atoms with van der Waals surface area (Å²) in [6.07, 6.45) is 1.23. The van der Waals surface area contributed by atoms with Crippen LogP contribution in [0.2, 0.25) is 0 Å². The minimum Gasteiger partial charge on any atom is -0.349 e. The summed E-state index contributed by atoms with van der Waals surface area (Å²) in [5.41, 5.74) is 2.89. The molecule has 0 saturated heterocycles. The third-order valence-electron chi connectivity index (χ3n) is 5.01. The molecule has 2 aromatic rings. The maximum atomic E-state index is 12.8. The number of hydrogen-bond donors (Lipinski definition) is 1. The van der Waals surface area contributed by atoms with E-state index in [1.54, 1.807) is 19.3 Å². The average Bonchev–Trinajstić information content (AvgIpc) is 2.62. The smallest absolute Gasteiger partial charge is 0.349 e. The van der Waals surface area contributed by atoms with Crippen molar-refractivity contribution in [2.45, 2.75) is 45.3 Å². The van der Waals surface area contributed by atoms with E-state index in [0.29, 0.717) is 12.0 Å². The Labute approximate surface area is 150 Å². The highest BCUT2D eigenvalue weighted by Crippen LogP contribution is 2.39. The maximum absolute atomic E-state index is 12.8. The molecule has 26 heavy (non-hydrogen) atoms. The van der Waals surface area contributed by atoms with Crippen molar-refractivity contribution in [3.8, 4) is 11.1 Å². The molecule has 138 valence electrons. The quantitative estimate of drug-likeness (QED) is 0.842. The summed E-state index contributed by atoms with van der Waals surface area (Å²) >= 11 is 0. The van der Waals surface area contributed by atoms with E-state index in [-0.39, 0.29) is 17.9 Å². The van der Waals surface area contributed by atoms with Crippen LogP contribution < -0.4 is 5.32 Å². The monoisotopic (exact) mass is 362 g/mol. The molecule has 0 aliphatic heterocycles. The van der Waals surface area contributed by atoms with Crippen LogP contribution in [0.5, 0.6) is 0 Å². The highest BCUT2D eigenvalue weighted by atomic mass is 19.4. The van der Waals surface area contributed by atoms with Crippen LogP contribution in [-0.2, 0) is 17.4 Å². The number of pyridine rings is 1. The summed E-state index contributed by atoms with van der Waals surface area (Å²) in [5.74, 6) is 0.261. The molecule has 0 spiro atoms. The highest BCUT2D eigenvalue weighted by molar-refractivity contribution is 5.76. The van der Waals surface area contributed by atoms with E-state index in [0.717, 1.165) is 41.7 Å². The topological polar surface area (TPSA) is 42.0 Å². The van der Waals surface area contributed by atoms with Gasteiger partial charge >= 0.3 is 6.18 Å². The summed E-state index contributed by atoms with van der Waals surface area (Å²) in [7, 11) is 0. The average molecular weight is 362 g/mol. The predicted molar refractivity (Wildman–Crippen MR) is 93.3 cm³/mol. The van der Waals surface area contributed by atoms with E-state index in [2.05, 4.69) is 17.2 Å². The zero-order valence-corrected chi connectivity index (χ0v) is 14.7. The molecule has 3 rings (SSSR count). The molecular formula is C20H21F3N2O. The zero-order valence-electron chi connectivity index (χ0n) is 14.7.